The van der Waals surface area contributed by atoms with Gasteiger partial charge in [0.25, 0.3) is 0 Å². The van der Waals surface area contributed by atoms with Crippen LogP contribution in [0.25, 0.3) is 0 Å². The van der Waals surface area contributed by atoms with E-state index in [1.165, 1.54) is 12.7 Å². The Morgan fingerprint density at radius 2 is 2.16 bits per heavy atom. The Morgan fingerprint density at radius 3 is 2.79 bits per heavy atom. The highest BCUT2D eigenvalue weighted by Crippen LogP contribution is 2.09. The number of carbonyl (C=O) groups excluding carboxylic acids is 1. The van der Waals surface area contributed by atoms with Crippen LogP contribution in [0, 0.1) is 0 Å². The molecule has 2 rings (SSSR count). The minimum absolute atomic E-state index is 0.276. The Kier molecular flexibility index (Phi) is 4.93. The monoisotopic (exact) mass is 262 g/mol. The van der Waals surface area contributed by atoms with E-state index in [9.17, 15) is 4.79 Å². The molecule has 1 saturated heterocycles. The lowest BCUT2D eigenvalue weighted by Crippen LogP contribution is -2.50. The van der Waals surface area contributed by atoms with Gasteiger partial charge in [-0.1, -0.05) is 12.1 Å². The maximum atomic E-state index is 11.3. The van der Waals surface area contributed by atoms with Gasteiger partial charge >= 0.3 is 5.97 Å². The molecular weight excluding hydrogens is 240 g/mol. The zero-order chi connectivity index (χ0) is 13.7. The molecule has 0 radical (unpaired) electrons. The zero-order valence-electron chi connectivity index (χ0n) is 11.7. The summed E-state index contributed by atoms with van der Waals surface area (Å²) in [6, 6.07) is 8.30. The van der Waals surface area contributed by atoms with Gasteiger partial charge in [0.1, 0.15) is 0 Å². The smallest absolute Gasteiger partial charge is 0.337 e. The molecule has 4 nitrogen and oxygen atoms in total. The van der Waals surface area contributed by atoms with Crippen LogP contribution in [-0.4, -0.2) is 50.2 Å². The van der Waals surface area contributed by atoms with Crippen molar-refractivity contribution >= 4 is 5.97 Å². The van der Waals surface area contributed by atoms with E-state index in [0.29, 0.717) is 11.6 Å². The molecule has 4 heteroatoms. The third kappa shape index (κ3) is 3.78. The second kappa shape index (κ2) is 6.68. The first kappa shape index (κ1) is 14.0. The highest BCUT2D eigenvalue weighted by molar-refractivity contribution is 5.89. The lowest BCUT2D eigenvalue weighted by atomic mass is 10.1. The Balaban J connectivity index is 1.87. The van der Waals surface area contributed by atoms with E-state index >= 15 is 0 Å². The first-order valence-electron chi connectivity index (χ1n) is 6.82. The van der Waals surface area contributed by atoms with Gasteiger partial charge in [0.15, 0.2) is 0 Å². The first-order valence-corrected chi connectivity index (χ1v) is 6.82. The topological polar surface area (TPSA) is 41.6 Å². The van der Waals surface area contributed by atoms with Crippen molar-refractivity contribution in [1.29, 1.82) is 0 Å². The van der Waals surface area contributed by atoms with Crippen LogP contribution in [0.5, 0.6) is 0 Å². The number of esters is 1. The van der Waals surface area contributed by atoms with E-state index in [0.717, 1.165) is 32.6 Å². The Bertz CT molecular complexity index is 417. The SMILES string of the molecule is COC(=O)c1ccc(CCN2CCNCC2C)cc1. The van der Waals surface area contributed by atoms with Gasteiger partial charge in [0.2, 0.25) is 0 Å². The molecule has 0 aromatic heterocycles. The number of carbonyl (C=O) groups is 1. The van der Waals surface area contributed by atoms with Crippen molar-refractivity contribution in [3.63, 3.8) is 0 Å². The van der Waals surface area contributed by atoms with Crippen LogP contribution < -0.4 is 5.32 Å². The predicted octanol–water partition coefficient (Wildman–Crippen LogP) is 1.31. The molecule has 1 fully saturated rings. The maximum Gasteiger partial charge on any atom is 0.337 e. The van der Waals surface area contributed by atoms with Crippen molar-refractivity contribution in [1.82, 2.24) is 10.2 Å². The molecule has 0 spiro atoms. The molecule has 0 saturated carbocycles. The van der Waals surface area contributed by atoms with E-state index < -0.39 is 0 Å². The molecule has 19 heavy (non-hydrogen) atoms. The fourth-order valence-corrected chi connectivity index (χ4v) is 2.41. The summed E-state index contributed by atoms with van der Waals surface area (Å²) in [7, 11) is 1.40. The average molecular weight is 262 g/mol. The number of benzene rings is 1. The number of rotatable bonds is 4. The van der Waals surface area contributed by atoms with Gasteiger partial charge in [-0.2, -0.15) is 0 Å². The van der Waals surface area contributed by atoms with Crippen LogP contribution in [-0.2, 0) is 11.2 Å². The molecule has 1 unspecified atom stereocenters. The molecule has 1 aromatic carbocycles. The number of piperazine rings is 1. The minimum atomic E-state index is -0.276. The molecule has 0 aliphatic carbocycles. The molecule has 1 N–H and O–H groups in total. The summed E-state index contributed by atoms with van der Waals surface area (Å²) in [5.41, 5.74) is 1.88. The maximum absolute atomic E-state index is 11.3. The van der Waals surface area contributed by atoms with Crippen LogP contribution in [0.1, 0.15) is 22.8 Å². The highest BCUT2D eigenvalue weighted by Gasteiger charge is 2.17. The summed E-state index contributed by atoms with van der Waals surface area (Å²) >= 11 is 0. The lowest BCUT2D eigenvalue weighted by molar-refractivity contribution is 0.0600. The number of methoxy groups -OCH3 is 1. The van der Waals surface area contributed by atoms with Gasteiger partial charge in [0, 0.05) is 32.2 Å². The lowest BCUT2D eigenvalue weighted by Gasteiger charge is -2.33. The van der Waals surface area contributed by atoms with Gasteiger partial charge in [-0.15, -0.1) is 0 Å². The third-order valence-corrected chi connectivity index (χ3v) is 3.70. The number of hydrogen-bond donors (Lipinski definition) is 1. The summed E-state index contributed by atoms with van der Waals surface area (Å²) in [5.74, 6) is -0.276. The zero-order valence-corrected chi connectivity index (χ0v) is 11.7. The average Bonchev–Trinajstić information content (AvgIpc) is 2.46. The van der Waals surface area contributed by atoms with Crippen LogP contribution >= 0.6 is 0 Å². The number of ether oxygens (including phenoxy) is 1. The first-order chi connectivity index (χ1) is 9.20. The fraction of sp³-hybridized carbons (Fsp3) is 0.533. The minimum Gasteiger partial charge on any atom is -0.465 e. The Hall–Kier alpha value is -1.39. The van der Waals surface area contributed by atoms with Crippen LogP contribution in [0.4, 0.5) is 0 Å². The van der Waals surface area contributed by atoms with Crippen molar-refractivity contribution < 1.29 is 9.53 Å². The molecule has 1 heterocycles. The van der Waals surface area contributed by atoms with Crippen molar-refractivity contribution in [2.45, 2.75) is 19.4 Å². The van der Waals surface area contributed by atoms with E-state index in [1.54, 1.807) is 0 Å². The van der Waals surface area contributed by atoms with Gasteiger partial charge in [-0.25, -0.2) is 4.79 Å². The second-order valence-corrected chi connectivity index (χ2v) is 5.03. The number of hydrogen-bond acceptors (Lipinski definition) is 4. The van der Waals surface area contributed by atoms with Crippen molar-refractivity contribution in [3.8, 4) is 0 Å². The van der Waals surface area contributed by atoms with E-state index in [1.807, 2.05) is 24.3 Å². The molecule has 1 aliphatic rings. The van der Waals surface area contributed by atoms with Gasteiger partial charge < -0.3 is 10.1 Å². The normalized spacial score (nSPS) is 20.2. The van der Waals surface area contributed by atoms with Crippen LogP contribution in [0.2, 0.25) is 0 Å². The quantitative estimate of drug-likeness (QED) is 0.831. The van der Waals surface area contributed by atoms with Crippen LogP contribution in [0.3, 0.4) is 0 Å². The van der Waals surface area contributed by atoms with Crippen LogP contribution in [0.15, 0.2) is 24.3 Å². The number of nitrogens with one attached hydrogen (secondary N) is 1. The van der Waals surface area contributed by atoms with Crippen molar-refractivity contribution in [2.75, 3.05) is 33.3 Å². The summed E-state index contributed by atoms with van der Waals surface area (Å²) in [6.07, 6.45) is 1.02. The Morgan fingerprint density at radius 1 is 1.42 bits per heavy atom. The highest BCUT2D eigenvalue weighted by atomic mass is 16.5. The van der Waals surface area contributed by atoms with Gasteiger partial charge in [0.05, 0.1) is 12.7 Å². The molecule has 0 bridgehead atoms. The standard InChI is InChI=1S/C15H22N2O2/c1-12-11-16-8-10-17(12)9-7-13-3-5-14(6-4-13)15(18)19-2/h3-6,12,16H,7-11H2,1-2H3. The molecule has 1 atom stereocenters. The molecule has 0 amide bonds. The summed E-state index contributed by atoms with van der Waals surface area (Å²) in [5, 5.41) is 3.40. The molecule has 104 valence electrons. The van der Waals surface area contributed by atoms with E-state index in [-0.39, 0.29) is 5.97 Å². The van der Waals surface area contributed by atoms with Crippen molar-refractivity contribution in [2.24, 2.45) is 0 Å². The number of nitrogens with zero attached hydrogens (tertiary/aromatic N) is 1. The molecular formula is C15H22N2O2. The summed E-state index contributed by atoms with van der Waals surface area (Å²) < 4.78 is 4.69. The third-order valence-electron chi connectivity index (χ3n) is 3.70. The second-order valence-electron chi connectivity index (χ2n) is 5.03. The van der Waals surface area contributed by atoms with E-state index in [2.05, 4.69) is 17.1 Å². The van der Waals surface area contributed by atoms with Crippen molar-refractivity contribution in [3.05, 3.63) is 35.4 Å². The predicted molar refractivity (Wildman–Crippen MR) is 75.4 cm³/mol. The molecule has 1 aliphatic heterocycles. The van der Waals surface area contributed by atoms with E-state index in [4.69, 9.17) is 4.74 Å². The van der Waals surface area contributed by atoms with Gasteiger partial charge in [-0.3, -0.25) is 4.90 Å². The fourth-order valence-electron chi connectivity index (χ4n) is 2.41. The Labute approximate surface area is 114 Å². The molecule has 1 aromatic rings. The van der Waals surface area contributed by atoms with Gasteiger partial charge in [-0.05, 0) is 31.0 Å². The summed E-state index contributed by atoms with van der Waals surface area (Å²) in [6.45, 7) is 6.58. The largest absolute Gasteiger partial charge is 0.465 e. The summed E-state index contributed by atoms with van der Waals surface area (Å²) in [4.78, 5) is 13.8.